The monoisotopic (exact) mass is 261 g/mol. The molecule has 3 N–H and O–H groups in total. The Morgan fingerprint density at radius 2 is 1.29 bits per heavy atom. The maximum atomic E-state index is 8.79. The quantitative estimate of drug-likeness (QED) is 0.352. The minimum atomic E-state index is -2.28. The summed E-state index contributed by atoms with van der Waals surface area (Å²) in [5.74, 6) is 0. The molecule has 0 fully saturated rings. The fourth-order valence-corrected chi connectivity index (χ4v) is 2.56. The second-order valence-electron chi connectivity index (χ2n) is 4.85. The summed E-state index contributed by atoms with van der Waals surface area (Å²) in [7, 11) is -2.28. The molecular weight excluding hydrogens is 230 g/mol. The Balaban J connectivity index is 2.89. The third-order valence-electron chi connectivity index (χ3n) is 3.02. The van der Waals surface area contributed by atoms with Crippen LogP contribution in [-0.2, 0) is 0 Å². The van der Waals surface area contributed by atoms with E-state index >= 15 is 0 Å². The van der Waals surface area contributed by atoms with Crippen LogP contribution in [0, 0.1) is 0 Å². The first-order chi connectivity index (χ1) is 8.27. The van der Waals surface area contributed by atoms with Gasteiger partial charge in [-0.2, -0.15) is 0 Å². The topological polar surface area (TPSA) is 52.5 Å². The number of hydrogen-bond donors (Lipinski definition) is 3. The highest BCUT2D eigenvalue weighted by Gasteiger charge is 1.99. The van der Waals surface area contributed by atoms with Crippen LogP contribution in [0.1, 0.15) is 64.7 Å². The van der Waals surface area contributed by atoms with Crippen molar-refractivity contribution in [1.29, 1.82) is 0 Å². The molecule has 0 amide bonds. The summed E-state index contributed by atoms with van der Waals surface area (Å²) in [6.45, 7) is 4.47. The van der Waals surface area contributed by atoms with Crippen molar-refractivity contribution in [2.75, 3.05) is 13.1 Å². The van der Waals surface area contributed by atoms with Crippen LogP contribution in [0.2, 0.25) is 6.04 Å². The van der Waals surface area contributed by atoms with Gasteiger partial charge in [-0.1, -0.05) is 51.9 Å². The zero-order chi connectivity index (χ0) is 12.8. The van der Waals surface area contributed by atoms with Gasteiger partial charge in [-0.3, -0.25) is 0 Å². The van der Waals surface area contributed by atoms with E-state index in [1.165, 1.54) is 38.5 Å². The van der Waals surface area contributed by atoms with Gasteiger partial charge < -0.3 is 14.9 Å². The Morgan fingerprint density at radius 1 is 0.765 bits per heavy atom. The Morgan fingerprint density at radius 3 is 1.88 bits per heavy atom. The van der Waals surface area contributed by atoms with E-state index in [9.17, 15) is 0 Å². The lowest BCUT2D eigenvalue weighted by molar-refractivity contribution is 0.401. The van der Waals surface area contributed by atoms with Crippen LogP contribution < -0.4 is 5.32 Å². The zero-order valence-electron chi connectivity index (χ0n) is 11.5. The smallest absolute Gasteiger partial charge is 0.315 e. The summed E-state index contributed by atoms with van der Waals surface area (Å²) in [5.41, 5.74) is 0. The average molecular weight is 261 g/mol. The van der Waals surface area contributed by atoms with E-state index in [1.54, 1.807) is 0 Å². The molecule has 0 aliphatic heterocycles. The molecule has 0 saturated carbocycles. The van der Waals surface area contributed by atoms with Crippen LogP contribution in [0.4, 0.5) is 0 Å². The molecule has 0 aromatic carbocycles. The van der Waals surface area contributed by atoms with Gasteiger partial charge in [-0.05, 0) is 32.0 Å². The van der Waals surface area contributed by atoms with E-state index in [0.717, 1.165) is 32.4 Å². The van der Waals surface area contributed by atoms with Gasteiger partial charge in [0.25, 0.3) is 0 Å². The molecule has 3 nitrogen and oxygen atoms in total. The molecular formula is C13H31NO2Si. The average Bonchev–Trinajstić information content (AvgIpc) is 2.30. The Bertz CT molecular complexity index is 145. The molecule has 0 bridgehead atoms. The highest BCUT2D eigenvalue weighted by molar-refractivity contribution is 6.40. The molecule has 0 aromatic rings. The maximum absolute atomic E-state index is 8.79. The second kappa shape index (κ2) is 14.2. The van der Waals surface area contributed by atoms with Gasteiger partial charge in [0.1, 0.15) is 0 Å². The summed E-state index contributed by atoms with van der Waals surface area (Å²) in [4.78, 5) is 17.6. The van der Waals surface area contributed by atoms with E-state index in [2.05, 4.69) is 12.2 Å². The number of hydrogen-bond acceptors (Lipinski definition) is 3. The summed E-state index contributed by atoms with van der Waals surface area (Å²) in [6, 6.07) is 0.650. The van der Waals surface area contributed by atoms with Gasteiger partial charge in [-0.25, -0.2) is 0 Å². The normalized spacial score (nSPS) is 11.3. The second-order valence-corrected chi connectivity index (χ2v) is 6.39. The molecule has 0 unspecified atom stereocenters. The Hall–Kier alpha value is 0.0969. The first kappa shape index (κ1) is 17.1. The third kappa shape index (κ3) is 16.1. The van der Waals surface area contributed by atoms with Crippen LogP contribution in [0.25, 0.3) is 0 Å². The maximum Gasteiger partial charge on any atom is 0.315 e. The highest BCUT2D eigenvalue weighted by atomic mass is 28.3. The van der Waals surface area contributed by atoms with Crippen LogP contribution in [-0.4, -0.2) is 32.0 Å². The highest BCUT2D eigenvalue weighted by Crippen LogP contribution is 2.04. The lowest BCUT2D eigenvalue weighted by Crippen LogP contribution is -2.17. The Kier molecular flexibility index (Phi) is 14.2. The molecule has 0 aromatic heterocycles. The van der Waals surface area contributed by atoms with Crippen molar-refractivity contribution in [2.45, 2.75) is 70.8 Å². The van der Waals surface area contributed by atoms with Crippen molar-refractivity contribution >= 4 is 9.28 Å². The lowest BCUT2D eigenvalue weighted by atomic mass is 10.1. The van der Waals surface area contributed by atoms with Crippen molar-refractivity contribution in [1.82, 2.24) is 5.32 Å². The van der Waals surface area contributed by atoms with E-state index < -0.39 is 9.28 Å². The fourth-order valence-electron chi connectivity index (χ4n) is 1.91. The van der Waals surface area contributed by atoms with Gasteiger partial charge in [0.05, 0.1) is 0 Å². The van der Waals surface area contributed by atoms with E-state index in [1.807, 2.05) is 0 Å². The Labute approximate surface area is 108 Å². The molecule has 0 radical (unpaired) electrons. The molecule has 104 valence electrons. The summed E-state index contributed by atoms with van der Waals surface area (Å²) >= 11 is 0. The summed E-state index contributed by atoms with van der Waals surface area (Å²) in [5, 5.41) is 3.45. The molecule has 0 heterocycles. The van der Waals surface area contributed by atoms with Crippen LogP contribution in [0.3, 0.4) is 0 Å². The van der Waals surface area contributed by atoms with Gasteiger partial charge in [0.15, 0.2) is 0 Å². The van der Waals surface area contributed by atoms with Gasteiger partial charge >= 0.3 is 9.28 Å². The van der Waals surface area contributed by atoms with E-state index in [-0.39, 0.29) is 0 Å². The van der Waals surface area contributed by atoms with Gasteiger partial charge in [-0.15, -0.1) is 0 Å². The first-order valence-electron chi connectivity index (χ1n) is 7.34. The molecule has 0 saturated heterocycles. The molecule has 0 atom stereocenters. The largest absolute Gasteiger partial charge is 0.413 e. The van der Waals surface area contributed by atoms with Crippen LogP contribution >= 0.6 is 0 Å². The number of nitrogens with one attached hydrogen (secondary N) is 1. The van der Waals surface area contributed by atoms with Crippen LogP contribution in [0.5, 0.6) is 0 Å². The summed E-state index contributed by atoms with van der Waals surface area (Å²) in [6.07, 6.45) is 11.4. The molecule has 17 heavy (non-hydrogen) atoms. The van der Waals surface area contributed by atoms with Crippen molar-refractivity contribution in [3.63, 3.8) is 0 Å². The van der Waals surface area contributed by atoms with Gasteiger partial charge in [0.2, 0.25) is 0 Å². The number of unbranched alkanes of at least 4 members (excludes halogenated alkanes) is 7. The van der Waals surface area contributed by atoms with E-state index in [0.29, 0.717) is 6.04 Å². The molecule has 4 heteroatoms. The predicted octanol–water partition coefficient (Wildman–Crippen LogP) is 2.31. The molecule has 0 aliphatic rings. The minimum Gasteiger partial charge on any atom is -0.413 e. The van der Waals surface area contributed by atoms with Crippen molar-refractivity contribution in [2.24, 2.45) is 0 Å². The van der Waals surface area contributed by atoms with Crippen molar-refractivity contribution in [3.05, 3.63) is 0 Å². The van der Waals surface area contributed by atoms with Gasteiger partial charge in [0, 0.05) is 0 Å². The van der Waals surface area contributed by atoms with Crippen LogP contribution in [0.15, 0.2) is 0 Å². The van der Waals surface area contributed by atoms with Crippen molar-refractivity contribution < 1.29 is 9.59 Å². The molecule has 0 rings (SSSR count). The zero-order valence-corrected chi connectivity index (χ0v) is 12.6. The standard InChI is InChI=1S/C13H31NO2Si/c1-2-3-4-5-6-8-11-14-12-9-7-10-13-17(15)16/h14-17H,2-13H2,1H3. The van der Waals surface area contributed by atoms with Crippen molar-refractivity contribution in [3.8, 4) is 0 Å². The SMILES string of the molecule is CCCCCCCCNCCCCC[SiH](O)O. The molecule has 0 spiro atoms. The minimum absolute atomic E-state index is 0.650. The third-order valence-corrected chi connectivity index (χ3v) is 3.95. The van der Waals surface area contributed by atoms with E-state index in [4.69, 9.17) is 9.59 Å². The summed E-state index contributed by atoms with van der Waals surface area (Å²) < 4.78 is 0. The number of rotatable bonds is 13. The lowest BCUT2D eigenvalue weighted by Gasteiger charge is -2.05. The molecule has 0 aliphatic carbocycles. The predicted molar refractivity (Wildman–Crippen MR) is 76.5 cm³/mol. The fraction of sp³-hybridized carbons (Fsp3) is 1.00. The first-order valence-corrected chi connectivity index (χ1v) is 9.19.